The molecule has 6 aliphatic carbocycles. The highest BCUT2D eigenvalue weighted by Crippen LogP contribution is 2.55. The van der Waals surface area contributed by atoms with E-state index in [0.29, 0.717) is 24.3 Å². The monoisotopic (exact) mass is 742 g/mol. The number of nitrogens with zero attached hydrogens (tertiary/aromatic N) is 2. The second-order valence-electron chi connectivity index (χ2n) is 19.5. The van der Waals surface area contributed by atoms with Gasteiger partial charge >= 0.3 is 12.4 Å². The molecular weight excluding hydrogens is 672 g/mol. The SMILES string of the molecule is FC(F)(F)C1CCC(C2CCC(C3CCC(N4C5CCNCC5C5CC(N(C6CCCCC6)C6CCCCC6)CCC54)CC3)CC2)CC1C(F)(F)F. The molecule has 2 heterocycles. The van der Waals surface area contributed by atoms with Gasteiger partial charge in [-0.3, -0.25) is 9.80 Å². The molecule has 6 saturated carbocycles. The van der Waals surface area contributed by atoms with Gasteiger partial charge in [-0.05, 0) is 171 Å². The van der Waals surface area contributed by atoms with Crippen LogP contribution in [0.3, 0.4) is 0 Å². The van der Waals surface area contributed by atoms with Crippen molar-refractivity contribution >= 4 is 0 Å². The molecule has 52 heavy (non-hydrogen) atoms. The summed E-state index contributed by atoms with van der Waals surface area (Å²) in [5.74, 6) is -1.55. The van der Waals surface area contributed by atoms with Gasteiger partial charge in [0.25, 0.3) is 0 Å². The molecule has 0 amide bonds. The molecule has 2 saturated heterocycles. The number of fused-ring (bicyclic) bond motifs is 3. The van der Waals surface area contributed by atoms with Crippen molar-refractivity contribution < 1.29 is 26.3 Å². The van der Waals surface area contributed by atoms with Gasteiger partial charge in [-0.2, -0.15) is 26.3 Å². The number of likely N-dealkylation sites (tertiary alicyclic amines) is 1. The Morgan fingerprint density at radius 3 is 1.54 bits per heavy atom. The molecule has 3 nitrogen and oxygen atoms in total. The first-order valence-electron chi connectivity index (χ1n) is 22.4. The maximum absolute atomic E-state index is 13.8. The van der Waals surface area contributed by atoms with Gasteiger partial charge in [0.1, 0.15) is 0 Å². The summed E-state index contributed by atoms with van der Waals surface area (Å²) in [4.78, 5) is 6.27. The van der Waals surface area contributed by atoms with Crippen LogP contribution in [0.15, 0.2) is 0 Å². The highest BCUT2D eigenvalue weighted by Gasteiger charge is 2.58. The number of hydrogen-bond acceptors (Lipinski definition) is 3. The van der Waals surface area contributed by atoms with Gasteiger partial charge in [0.2, 0.25) is 0 Å². The van der Waals surface area contributed by atoms with Gasteiger partial charge in [-0.25, -0.2) is 0 Å². The number of rotatable bonds is 6. The van der Waals surface area contributed by atoms with Crippen molar-refractivity contribution in [3.8, 4) is 0 Å². The number of halogens is 6. The fourth-order valence-electron chi connectivity index (χ4n) is 14.7. The van der Waals surface area contributed by atoms with Crippen molar-refractivity contribution in [3.63, 3.8) is 0 Å². The normalized spacial score (nSPS) is 43.7. The topological polar surface area (TPSA) is 18.5 Å². The van der Waals surface area contributed by atoms with E-state index in [4.69, 9.17) is 0 Å². The van der Waals surface area contributed by atoms with Crippen molar-refractivity contribution in [2.45, 2.75) is 209 Å². The largest absolute Gasteiger partial charge is 0.392 e. The molecule has 8 fully saturated rings. The summed E-state index contributed by atoms with van der Waals surface area (Å²) >= 11 is 0. The molecule has 0 aromatic heterocycles. The van der Waals surface area contributed by atoms with E-state index in [1.54, 1.807) is 0 Å². The van der Waals surface area contributed by atoms with Crippen LogP contribution in [-0.4, -0.2) is 71.5 Å². The van der Waals surface area contributed by atoms with Crippen molar-refractivity contribution in [1.29, 1.82) is 0 Å². The van der Waals surface area contributed by atoms with Crippen molar-refractivity contribution in [1.82, 2.24) is 15.1 Å². The molecule has 8 atom stereocenters. The third-order valence-corrected chi connectivity index (χ3v) is 17.1. The van der Waals surface area contributed by atoms with Gasteiger partial charge < -0.3 is 5.32 Å². The summed E-state index contributed by atoms with van der Waals surface area (Å²) in [5.41, 5.74) is 0. The van der Waals surface area contributed by atoms with Crippen LogP contribution in [0.5, 0.6) is 0 Å². The van der Waals surface area contributed by atoms with Crippen molar-refractivity contribution in [2.75, 3.05) is 13.1 Å². The standard InChI is InChI=1S/C43H69F6N3/c44-42(45,46)38-21-17-31(25-39(38)43(47,48)49)30-13-11-28(12-14-30)29-15-18-34(19-16-29)52-40-22-20-35(26-36(40)37-27-50-24-23-41(37)52)51(32-7-3-1-4-8-32)33-9-5-2-6-10-33/h28-41,50H,1-27H2. The molecular formula is C43H69F6N3. The summed E-state index contributed by atoms with van der Waals surface area (Å²) < 4.78 is 81.8. The predicted molar refractivity (Wildman–Crippen MR) is 195 cm³/mol. The number of alkyl halides is 6. The lowest BCUT2D eigenvalue weighted by Gasteiger charge is -2.50. The molecule has 0 aromatic carbocycles. The van der Waals surface area contributed by atoms with E-state index in [9.17, 15) is 26.3 Å². The molecule has 298 valence electrons. The minimum absolute atomic E-state index is 0.160. The number of hydrogen-bond donors (Lipinski definition) is 1. The van der Waals surface area contributed by atoms with Crippen LogP contribution in [0.2, 0.25) is 0 Å². The third-order valence-electron chi connectivity index (χ3n) is 17.1. The Bertz CT molecular complexity index is 1110. The van der Waals surface area contributed by atoms with Crippen LogP contribution in [0.25, 0.3) is 0 Å². The Morgan fingerprint density at radius 1 is 0.442 bits per heavy atom. The van der Waals surface area contributed by atoms with Gasteiger partial charge in [-0.1, -0.05) is 38.5 Å². The zero-order valence-corrected chi connectivity index (χ0v) is 31.8. The zero-order valence-electron chi connectivity index (χ0n) is 31.8. The highest BCUT2D eigenvalue weighted by atomic mass is 19.4. The lowest BCUT2D eigenvalue weighted by atomic mass is 9.63. The van der Waals surface area contributed by atoms with Crippen LogP contribution in [-0.2, 0) is 0 Å². The molecule has 9 heteroatoms. The van der Waals surface area contributed by atoms with Crippen molar-refractivity contribution in [2.24, 2.45) is 47.3 Å². The Labute approximate surface area is 310 Å². The van der Waals surface area contributed by atoms with Crippen LogP contribution in [0.1, 0.15) is 161 Å². The smallest absolute Gasteiger partial charge is 0.316 e. The predicted octanol–water partition coefficient (Wildman–Crippen LogP) is 11.3. The molecule has 0 bridgehead atoms. The highest BCUT2D eigenvalue weighted by molar-refractivity contribution is 5.09. The maximum atomic E-state index is 13.8. The van der Waals surface area contributed by atoms with Crippen LogP contribution in [0.4, 0.5) is 26.3 Å². The van der Waals surface area contributed by atoms with Crippen LogP contribution in [0, 0.1) is 47.3 Å². The van der Waals surface area contributed by atoms with E-state index in [1.807, 2.05) is 0 Å². The van der Waals surface area contributed by atoms with E-state index in [2.05, 4.69) is 15.1 Å². The van der Waals surface area contributed by atoms with Gasteiger partial charge in [0.05, 0.1) is 11.8 Å². The third kappa shape index (κ3) is 8.00. The number of nitrogens with one attached hydrogen (secondary N) is 1. The maximum Gasteiger partial charge on any atom is 0.392 e. The van der Waals surface area contributed by atoms with E-state index in [0.717, 1.165) is 74.3 Å². The lowest BCUT2D eigenvalue weighted by Crippen LogP contribution is -2.55. The minimum atomic E-state index is -4.78. The molecule has 8 aliphatic rings. The Hall–Kier alpha value is -0.540. The average molecular weight is 742 g/mol. The second-order valence-corrected chi connectivity index (χ2v) is 19.5. The van der Waals surface area contributed by atoms with E-state index in [-0.39, 0.29) is 24.7 Å². The molecule has 0 radical (unpaired) electrons. The van der Waals surface area contributed by atoms with Gasteiger partial charge in [0.15, 0.2) is 0 Å². The Morgan fingerprint density at radius 2 is 0.962 bits per heavy atom. The van der Waals surface area contributed by atoms with Crippen LogP contribution < -0.4 is 5.32 Å². The molecule has 8 unspecified atom stereocenters. The lowest BCUT2D eigenvalue weighted by molar-refractivity contribution is -0.267. The molecule has 0 spiro atoms. The van der Waals surface area contributed by atoms with Crippen LogP contribution >= 0.6 is 0 Å². The summed E-state index contributed by atoms with van der Waals surface area (Å²) in [6.45, 7) is 2.35. The molecule has 1 N–H and O–H groups in total. The molecule has 8 rings (SSSR count). The average Bonchev–Trinajstić information content (AvgIpc) is 3.49. The first kappa shape index (κ1) is 38.3. The van der Waals surface area contributed by atoms with E-state index in [1.165, 1.54) is 122 Å². The molecule has 2 aliphatic heterocycles. The second kappa shape index (κ2) is 16.1. The summed E-state index contributed by atoms with van der Waals surface area (Å²) in [6.07, 6.45) is 18.8. The first-order valence-corrected chi connectivity index (χ1v) is 22.4. The summed E-state index contributed by atoms with van der Waals surface area (Å²) in [7, 11) is 0. The zero-order chi connectivity index (χ0) is 36.0. The fraction of sp³-hybridized carbons (Fsp3) is 1.00. The number of piperidine rings is 1. The van der Waals surface area contributed by atoms with Gasteiger partial charge in [0, 0.05) is 36.3 Å². The quantitative estimate of drug-likeness (QED) is 0.274. The van der Waals surface area contributed by atoms with E-state index >= 15 is 0 Å². The molecule has 0 aromatic rings. The summed E-state index contributed by atoms with van der Waals surface area (Å²) in [5, 5.41) is 3.83. The van der Waals surface area contributed by atoms with Crippen molar-refractivity contribution in [3.05, 3.63) is 0 Å². The Balaban J connectivity index is 0.865. The summed E-state index contributed by atoms with van der Waals surface area (Å²) in [6, 6.07) is 4.60. The minimum Gasteiger partial charge on any atom is -0.316 e. The fourth-order valence-corrected chi connectivity index (χ4v) is 14.7. The van der Waals surface area contributed by atoms with E-state index < -0.39 is 24.2 Å². The first-order chi connectivity index (χ1) is 25.1. The van der Waals surface area contributed by atoms with Gasteiger partial charge in [-0.15, -0.1) is 0 Å². The Kier molecular flexibility index (Phi) is 11.9.